The van der Waals surface area contributed by atoms with E-state index in [9.17, 15) is 4.79 Å². The van der Waals surface area contributed by atoms with Crippen molar-refractivity contribution in [2.24, 2.45) is 5.73 Å². The Morgan fingerprint density at radius 2 is 2.06 bits per heavy atom. The molecule has 0 heterocycles. The lowest BCUT2D eigenvalue weighted by Gasteiger charge is -2.16. The molecule has 2 atom stereocenters. The summed E-state index contributed by atoms with van der Waals surface area (Å²) < 4.78 is 0. The number of hydrogen-bond donors (Lipinski definition) is 2. The number of rotatable bonds is 5. The van der Waals surface area contributed by atoms with E-state index in [0.29, 0.717) is 17.9 Å². The summed E-state index contributed by atoms with van der Waals surface area (Å²) in [5.74, 6) is 0.00900. The van der Waals surface area contributed by atoms with E-state index in [4.69, 9.17) is 17.3 Å². The molecule has 0 aliphatic heterocycles. The zero-order chi connectivity index (χ0) is 12.8. The van der Waals surface area contributed by atoms with E-state index in [0.717, 1.165) is 5.56 Å². The molecule has 1 aromatic carbocycles. The van der Waals surface area contributed by atoms with E-state index < -0.39 is 0 Å². The van der Waals surface area contributed by atoms with Crippen molar-refractivity contribution in [3.05, 3.63) is 34.9 Å². The van der Waals surface area contributed by atoms with E-state index in [2.05, 4.69) is 5.32 Å². The van der Waals surface area contributed by atoms with Crippen LogP contribution in [0, 0.1) is 0 Å². The molecule has 1 aromatic rings. The fourth-order valence-corrected chi connectivity index (χ4v) is 1.88. The third-order valence-electron chi connectivity index (χ3n) is 2.58. The Kier molecular flexibility index (Phi) is 5.45. The monoisotopic (exact) mass is 254 g/mol. The lowest BCUT2D eigenvalue weighted by molar-refractivity contribution is -0.121. The number of hydrogen-bond acceptors (Lipinski definition) is 2. The Bertz CT molecular complexity index is 379. The van der Waals surface area contributed by atoms with E-state index >= 15 is 0 Å². The quantitative estimate of drug-likeness (QED) is 0.849. The molecular formula is C13H19ClN2O. The van der Waals surface area contributed by atoms with Gasteiger partial charge in [-0.2, -0.15) is 0 Å². The third kappa shape index (κ3) is 4.75. The lowest BCUT2D eigenvalue weighted by atomic mass is 10.1. The molecule has 0 saturated carbocycles. The Morgan fingerprint density at radius 3 is 2.65 bits per heavy atom. The van der Waals surface area contributed by atoms with Gasteiger partial charge < -0.3 is 11.1 Å². The number of benzene rings is 1. The summed E-state index contributed by atoms with van der Waals surface area (Å²) in [6, 6.07) is 7.49. The van der Waals surface area contributed by atoms with Gasteiger partial charge in [-0.15, -0.1) is 0 Å². The van der Waals surface area contributed by atoms with Crippen LogP contribution in [0.1, 0.15) is 38.3 Å². The number of carbonyl (C=O) groups is 1. The number of halogens is 1. The smallest absolute Gasteiger partial charge is 0.220 e. The van der Waals surface area contributed by atoms with Gasteiger partial charge in [0.2, 0.25) is 5.91 Å². The van der Waals surface area contributed by atoms with Crippen LogP contribution in [0.5, 0.6) is 0 Å². The minimum Gasteiger partial charge on any atom is -0.350 e. The Hall–Kier alpha value is -1.06. The fraction of sp³-hybridized carbons (Fsp3) is 0.462. The second-order valence-corrected chi connectivity index (χ2v) is 4.73. The van der Waals surface area contributed by atoms with E-state index in [-0.39, 0.29) is 18.0 Å². The molecule has 1 rings (SSSR count). The molecule has 17 heavy (non-hydrogen) atoms. The maximum absolute atomic E-state index is 11.6. The van der Waals surface area contributed by atoms with Gasteiger partial charge in [-0.3, -0.25) is 4.79 Å². The average Bonchev–Trinajstić information content (AvgIpc) is 2.26. The van der Waals surface area contributed by atoms with E-state index in [1.54, 1.807) is 0 Å². The van der Waals surface area contributed by atoms with Crippen molar-refractivity contribution in [3.8, 4) is 0 Å². The van der Waals surface area contributed by atoms with Crippen molar-refractivity contribution in [1.29, 1.82) is 0 Å². The second-order valence-electron chi connectivity index (χ2n) is 4.33. The summed E-state index contributed by atoms with van der Waals surface area (Å²) in [6.07, 6.45) is 1.15. The second kappa shape index (κ2) is 6.62. The molecule has 3 nitrogen and oxygen atoms in total. The predicted octanol–water partition coefficient (Wildman–Crippen LogP) is 2.64. The van der Waals surface area contributed by atoms with Crippen molar-refractivity contribution in [2.75, 3.05) is 0 Å². The molecule has 0 bridgehead atoms. The Morgan fingerprint density at radius 1 is 1.41 bits per heavy atom. The standard InChI is InChI=1S/C13H19ClN2O/c1-9(15)7-8-13(17)16-10(2)11-5-3-4-6-12(11)14/h3-6,9-10H,7-8,15H2,1-2H3,(H,16,17)/t9?,10-/m1/s1. The normalized spacial score (nSPS) is 14.1. The van der Waals surface area contributed by atoms with Gasteiger partial charge in [0.1, 0.15) is 0 Å². The molecule has 94 valence electrons. The molecule has 0 aliphatic rings. The minimum atomic E-state index is -0.0794. The Labute approximate surface area is 107 Å². The summed E-state index contributed by atoms with van der Waals surface area (Å²) in [5.41, 5.74) is 6.54. The highest BCUT2D eigenvalue weighted by Gasteiger charge is 2.12. The zero-order valence-electron chi connectivity index (χ0n) is 10.2. The molecule has 0 spiro atoms. The van der Waals surface area contributed by atoms with Gasteiger partial charge in [-0.05, 0) is 31.9 Å². The summed E-state index contributed by atoms with van der Waals surface area (Å²) >= 11 is 6.06. The van der Waals surface area contributed by atoms with Gasteiger partial charge in [0, 0.05) is 17.5 Å². The van der Waals surface area contributed by atoms with Crippen LogP contribution >= 0.6 is 11.6 Å². The van der Waals surface area contributed by atoms with Crippen molar-refractivity contribution >= 4 is 17.5 Å². The highest BCUT2D eigenvalue weighted by atomic mass is 35.5. The molecule has 0 saturated heterocycles. The van der Waals surface area contributed by atoms with Crippen LogP contribution in [-0.4, -0.2) is 11.9 Å². The molecule has 0 radical (unpaired) electrons. The molecule has 0 aromatic heterocycles. The number of carbonyl (C=O) groups excluding carboxylic acids is 1. The first-order valence-electron chi connectivity index (χ1n) is 5.80. The van der Waals surface area contributed by atoms with Crippen LogP contribution in [0.4, 0.5) is 0 Å². The van der Waals surface area contributed by atoms with Gasteiger partial charge in [0.05, 0.1) is 6.04 Å². The molecule has 0 fully saturated rings. The summed E-state index contributed by atoms with van der Waals surface area (Å²) in [6.45, 7) is 3.82. The summed E-state index contributed by atoms with van der Waals surface area (Å²) in [4.78, 5) is 11.6. The first kappa shape index (κ1) is 14.0. The average molecular weight is 255 g/mol. The first-order chi connectivity index (χ1) is 8.00. The Balaban J connectivity index is 2.52. The fourth-order valence-electron chi connectivity index (χ4n) is 1.58. The van der Waals surface area contributed by atoms with Crippen molar-refractivity contribution < 1.29 is 4.79 Å². The first-order valence-corrected chi connectivity index (χ1v) is 6.18. The highest BCUT2D eigenvalue weighted by Crippen LogP contribution is 2.22. The van der Waals surface area contributed by atoms with E-state index in [1.807, 2.05) is 38.1 Å². The topological polar surface area (TPSA) is 55.1 Å². The van der Waals surface area contributed by atoms with Crippen LogP contribution in [-0.2, 0) is 4.79 Å². The van der Waals surface area contributed by atoms with Gasteiger partial charge in [0.25, 0.3) is 0 Å². The van der Waals surface area contributed by atoms with Gasteiger partial charge in [-0.1, -0.05) is 29.8 Å². The van der Waals surface area contributed by atoms with Crippen LogP contribution in [0.15, 0.2) is 24.3 Å². The van der Waals surface area contributed by atoms with Crippen LogP contribution in [0.3, 0.4) is 0 Å². The van der Waals surface area contributed by atoms with Crippen molar-refractivity contribution in [1.82, 2.24) is 5.32 Å². The van der Waals surface area contributed by atoms with Crippen LogP contribution in [0.25, 0.3) is 0 Å². The summed E-state index contributed by atoms with van der Waals surface area (Å²) in [5, 5.41) is 3.59. The predicted molar refractivity (Wildman–Crippen MR) is 70.9 cm³/mol. The molecular weight excluding hydrogens is 236 g/mol. The zero-order valence-corrected chi connectivity index (χ0v) is 11.0. The largest absolute Gasteiger partial charge is 0.350 e. The number of nitrogens with two attached hydrogens (primary N) is 1. The SMILES string of the molecule is CC(N)CCC(=O)N[C@H](C)c1ccccc1Cl. The van der Waals surface area contributed by atoms with Gasteiger partial charge in [0.15, 0.2) is 0 Å². The molecule has 3 N–H and O–H groups in total. The maximum atomic E-state index is 11.6. The van der Waals surface area contributed by atoms with E-state index in [1.165, 1.54) is 0 Å². The van der Waals surface area contributed by atoms with Gasteiger partial charge in [-0.25, -0.2) is 0 Å². The van der Waals surface area contributed by atoms with Crippen LogP contribution in [0.2, 0.25) is 5.02 Å². The highest BCUT2D eigenvalue weighted by molar-refractivity contribution is 6.31. The molecule has 1 amide bonds. The number of nitrogens with one attached hydrogen (secondary N) is 1. The van der Waals surface area contributed by atoms with Crippen molar-refractivity contribution in [2.45, 2.75) is 38.8 Å². The third-order valence-corrected chi connectivity index (χ3v) is 2.92. The molecule has 0 aliphatic carbocycles. The molecule has 1 unspecified atom stereocenters. The van der Waals surface area contributed by atoms with Gasteiger partial charge >= 0.3 is 0 Å². The maximum Gasteiger partial charge on any atom is 0.220 e. The lowest BCUT2D eigenvalue weighted by Crippen LogP contribution is -2.28. The summed E-state index contributed by atoms with van der Waals surface area (Å²) in [7, 11) is 0. The van der Waals surface area contributed by atoms with Crippen LogP contribution < -0.4 is 11.1 Å². The number of amides is 1. The molecule has 4 heteroatoms. The van der Waals surface area contributed by atoms with Crippen molar-refractivity contribution in [3.63, 3.8) is 0 Å². The minimum absolute atomic E-state index is 0.00900.